The molecule has 3 aromatic rings. The van der Waals surface area contributed by atoms with E-state index < -0.39 is 40.8 Å². The summed E-state index contributed by atoms with van der Waals surface area (Å²) < 4.78 is 79.0. The Morgan fingerprint density at radius 3 is 2.19 bits per heavy atom. The van der Waals surface area contributed by atoms with Gasteiger partial charge in [-0.1, -0.05) is 0 Å². The van der Waals surface area contributed by atoms with E-state index in [0.717, 1.165) is 17.2 Å². The number of rotatable bonds is 4. The first-order valence-electron chi connectivity index (χ1n) is 8.30. The van der Waals surface area contributed by atoms with Crippen molar-refractivity contribution >= 4 is 33.9 Å². The van der Waals surface area contributed by atoms with Crippen LogP contribution < -0.4 is 10.9 Å². The summed E-state index contributed by atoms with van der Waals surface area (Å²) >= 11 is 2.97. The van der Waals surface area contributed by atoms with Gasteiger partial charge in [-0.2, -0.15) is 26.3 Å². The molecule has 0 unspecified atom stereocenters. The molecule has 2 heterocycles. The minimum atomic E-state index is -5.02. The Kier molecular flexibility index (Phi) is 6.32. The van der Waals surface area contributed by atoms with Gasteiger partial charge in [-0.3, -0.25) is 9.78 Å². The monoisotopic (exact) mass is 521 g/mol. The Balaban J connectivity index is 1.92. The van der Waals surface area contributed by atoms with E-state index in [9.17, 15) is 31.1 Å². The van der Waals surface area contributed by atoms with Crippen LogP contribution in [0.15, 0.2) is 47.6 Å². The van der Waals surface area contributed by atoms with E-state index in [-0.39, 0.29) is 16.4 Å². The van der Waals surface area contributed by atoms with Crippen LogP contribution in [0.25, 0.3) is 17.6 Å². The molecule has 0 radical (unpaired) electrons. The van der Waals surface area contributed by atoms with Crippen molar-refractivity contribution in [3.05, 3.63) is 58.7 Å². The van der Waals surface area contributed by atoms with Crippen LogP contribution in [0.4, 0.5) is 32.2 Å². The molecule has 168 valence electrons. The van der Waals surface area contributed by atoms with Crippen LogP contribution >= 0.6 is 15.9 Å². The van der Waals surface area contributed by atoms with E-state index in [2.05, 4.69) is 36.0 Å². The third-order valence-electron chi connectivity index (χ3n) is 3.82. The van der Waals surface area contributed by atoms with Crippen molar-refractivity contribution in [2.45, 2.75) is 12.4 Å². The highest BCUT2D eigenvalue weighted by Crippen LogP contribution is 2.38. The average Bonchev–Trinajstić information content (AvgIpc) is 3.20. The van der Waals surface area contributed by atoms with Gasteiger partial charge in [0.15, 0.2) is 11.6 Å². The summed E-state index contributed by atoms with van der Waals surface area (Å²) in [4.78, 5) is 23.7. The highest BCUT2D eigenvalue weighted by molar-refractivity contribution is 9.12. The van der Waals surface area contributed by atoms with Gasteiger partial charge in [0.25, 0.3) is 5.91 Å². The Bertz CT molecular complexity index is 1130. The van der Waals surface area contributed by atoms with Gasteiger partial charge >= 0.3 is 12.4 Å². The summed E-state index contributed by atoms with van der Waals surface area (Å²) in [6.45, 7) is 0. The van der Waals surface area contributed by atoms with Gasteiger partial charge < -0.3 is 0 Å². The minimum absolute atomic E-state index is 0.00202. The number of anilines is 1. The van der Waals surface area contributed by atoms with Gasteiger partial charge in [-0.05, 0) is 34.1 Å². The third-order valence-corrected chi connectivity index (χ3v) is 4.36. The fraction of sp³-hybridized carbons (Fsp3) is 0.118. The first-order valence-corrected chi connectivity index (χ1v) is 9.09. The number of nitrogens with zero attached hydrogens (tertiary/aromatic N) is 6. The van der Waals surface area contributed by atoms with Crippen molar-refractivity contribution in [2.75, 3.05) is 5.01 Å². The number of amides is 1. The van der Waals surface area contributed by atoms with Gasteiger partial charge in [0, 0.05) is 18.0 Å². The number of hydrazine groups is 1. The van der Waals surface area contributed by atoms with Gasteiger partial charge in [0.05, 0.1) is 23.5 Å². The van der Waals surface area contributed by atoms with Gasteiger partial charge in [-0.25, -0.2) is 25.5 Å². The van der Waals surface area contributed by atoms with Crippen LogP contribution in [-0.4, -0.2) is 30.6 Å². The smallest absolute Gasteiger partial charge is 0.266 e. The number of aromatic nitrogens is 5. The maximum absolute atomic E-state index is 13.0. The van der Waals surface area contributed by atoms with Crippen LogP contribution in [0.5, 0.6) is 0 Å². The van der Waals surface area contributed by atoms with Crippen LogP contribution in [0.1, 0.15) is 11.1 Å². The molecule has 32 heavy (non-hydrogen) atoms. The van der Waals surface area contributed by atoms with Crippen LogP contribution in [0.3, 0.4) is 0 Å². The van der Waals surface area contributed by atoms with Crippen LogP contribution in [0.2, 0.25) is 0 Å². The second-order valence-corrected chi connectivity index (χ2v) is 6.91. The number of benzene rings is 1. The van der Waals surface area contributed by atoms with Crippen molar-refractivity contribution in [3.63, 3.8) is 0 Å². The maximum atomic E-state index is 13.0. The fourth-order valence-corrected chi connectivity index (χ4v) is 2.76. The van der Waals surface area contributed by atoms with Crippen LogP contribution in [0, 0.1) is 0 Å². The number of halogens is 7. The zero-order chi connectivity index (χ0) is 23.7. The van der Waals surface area contributed by atoms with Gasteiger partial charge in [-0.15, -0.1) is 5.10 Å². The molecule has 0 aliphatic heterocycles. The Hall–Kier alpha value is -3.33. The molecule has 2 aromatic heterocycles. The molecule has 0 saturated carbocycles. The number of carbonyl (C=O) groups is 1. The summed E-state index contributed by atoms with van der Waals surface area (Å²) in [6, 6.07) is 0.987. The molecule has 1 amide bonds. The molecule has 0 bridgehead atoms. The topological polar surface area (TPSA) is 103 Å². The predicted molar refractivity (Wildman–Crippen MR) is 102 cm³/mol. The molecule has 0 atom stereocenters. The fourth-order valence-electron chi connectivity index (χ4n) is 2.36. The van der Waals surface area contributed by atoms with Gasteiger partial charge in [0.2, 0.25) is 0 Å². The van der Waals surface area contributed by atoms with E-state index in [1.54, 1.807) is 0 Å². The molecule has 0 aliphatic carbocycles. The van der Waals surface area contributed by atoms with Crippen molar-refractivity contribution in [1.82, 2.24) is 24.7 Å². The summed E-state index contributed by atoms with van der Waals surface area (Å²) in [7, 11) is 0. The first-order chi connectivity index (χ1) is 14.9. The van der Waals surface area contributed by atoms with Crippen molar-refractivity contribution in [3.8, 4) is 11.4 Å². The lowest BCUT2D eigenvalue weighted by Gasteiger charge is -2.14. The Labute approximate surface area is 183 Å². The molecule has 1 aromatic carbocycles. The number of hydrogen-bond acceptors (Lipinski definition) is 6. The summed E-state index contributed by atoms with van der Waals surface area (Å²) in [5, 5.41) is 4.47. The second kappa shape index (κ2) is 8.66. The third kappa shape index (κ3) is 5.28. The first kappa shape index (κ1) is 23.3. The molecule has 0 aliphatic rings. The molecule has 0 fully saturated rings. The Morgan fingerprint density at radius 1 is 1.03 bits per heavy atom. The summed E-state index contributed by atoms with van der Waals surface area (Å²) in [6.07, 6.45) is -4.10. The number of carbonyl (C=O) groups excluding carboxylic acids is 1. The molecule has 15 heteroatoms. The van der Waals surface area contributed by atoms with Gasteiger partial charge in [0.1, 0.15) is 10.8 Å². The zero-order valence-corrected chi connectivity index (χ0v) is 17.0. The number of alkyl halides is 6. The molecular weight excluding hydrogens is 512 g/mol. The minimum Gasteiger partial charge on any atom is -0.266 e. The SMILES string of the molecule is NN(C(=O)C(Br)=Cn1cnc(-c2cc(C(F)(F)F)cc(C(F)(F)F)c2)n1)c1cnccn1. The summed E-state index contributed by atoms with van der Waals surface area (Å²) in [5.74, 6) is 4.46. The van der Waals surface area contributed by atoms with E-state index in [1.807, 2.05) is 0 Å². The molecule has 8 nitrogen and oxygen atoms in total. The van der Waals surface area contributed by atoms with E-state index in [4.69, 9.17) is 5.84 Å². The molecule has 2 N–H and O–H groups in total. The van der Waals surface area contributed by atoms with Crippen molar-refractivity contribution in [2.24, 2.45) is 5.84 Å². The van der Waals surface area contributed by atoms with Crippen LogP contribution in [-0.2, 0) is 17.1 Å². The maximum Gasteiger partial charge on any atom is 0.416 e. The summed E-state index contributed by atoms with van der Waals surface area (Å²) in [5.41, 5.74) is -3.52. The normalized spacial score (nSPS) is 12.7. The largest absolute Gasteiger partial charge is 0.416 e. The molecule has 0 spiro atoms. The predicted octanol–water partition coefficient (Wildman–Crippen LogP) is 3.87. The van der Waals surface area contributed by atoms with Crippen molar-refractivity contribution in [1.29, 1.82) is 0 Å². The van der Waals surface area contributed by atoms with Crippen molar-refractivity contribution < 1.29 is 31.1 Å². The molecule has 0 saturated heterocycles. The van der Waals surface area contributed by atoms with E-state index in [1.165, 1.54) is 18.6 Å². The highest BCUT2D eigenvalue weighted by atomic mass is 79.9. The number of hydrogen-bond donors (Lipinski definition) is 1. The lowest BCUT2D eigenvalue weighted by Crippen LogP contribution is -2.38. The average molecular weight is 522 g/mol. The number of nitrogens with two attached hydrogens (primary N) is 1. The molecular formula is C17H10BrF6N7O. The van der Waals surface area contributed by atoms with E-state index in [0.29, 0.717) is 17.1 Å². The molecule has 3 rings (SSSR count). The quantitative estimate of drug-likeness (QED) is 0.184. The second-order valence-electron chi connectivity index (χ2n) is 6.06. The Morgan fingerprint density at radius 2 is 1.66 bits per heavy atom. The standard InChI is InChI=1S/C17H10BrF6N7O/c18-12(15(32)31(25)13-6-26-1-2-27-13)7-30-8-28-14(29-30)9-3-10(16(19,20)21)5-11(4-9)17(22,23)24/h1-8H,25H2. The van der Waals surface area contributed by atoms with E-state index >= 15 is 0 Å². The zero-order valence-electron chi connectivity index (χ0n) is 15.4. The lowest BCUT2D eigenvalue weighted by molar-refractivity contribution is -0.143. The highest BCUT2D eigenvalue weighted by Gasteiger charge is 2.37. The lowest BCUT2D eigenvalue weighted by atomic mass is 10.0.